The Balaban J connectivity index is 0.746. The first-order valence-corrected chi connectivity index (χ1v) is 32.7. The second-order valence-electron chi connectivity index (χ2n) is 23.5. The van der Waals surface area contributed by atoms with E-state index in [1.165, 1.54) is 20.8 Å². The number of benzene rings is 9. The maximum atomic E-state index is 14.1. The minimum Gasteiger partial charge on any atom is -0.493 e. The van der Waals surface area contributed by atoms with Crippen molar-refractivity contribution in [3.63, 3.8) is 0 Å². The number of anilines is 2. The highest BCUT2D eigenvalue weighted by molar-refractivity contribution is 6.18. The van der Waals surface area contributed by atoms with Gasteiger partial charge in [-0.2, -0.15) is 0 Å². The van der Waals surface area contributed by atoms with Gasteiger partial charge in [0.15, 0.2) is 17.3 Å². The number of carbonyl (C=O) groups is 6. The molecule has 0 aliphatic carbocycles. The van der Waals surface area contributed by atoms with Gasteiger partial charge in [-0.25, -0.2) is 14.4 Å². The predicted octanol–water partition coefficient (Wildman–Crippen LogP) is 16.0. The third kappa shape index (κ3) is 15.0. The van der Waals surface area contributed by atoms with E-state index in [2.05, 4.69) is 62.1 Å². The molecule has 0 amide bonds. The predicted molar refractivity (Wildman–Crippen MR) is 386 cm³/mol. The fourth-order valence-corrected chi connectivity index (χ4v) is 12.1. The molecule has 0 saturated heterocycles. The third-order valence-corrected chi connectivity index (χ3v) is 17.2. The first kappa shape index (κ1) is 67.6. The number of fused-ring (bicyclic) bond motifs is 6. The van der Waals surface area contributed by atoms with E-state index in [1.54, 1.807) is 50.2 Å². The standard InChI is InChI=1S/C80H75N7O11/c1-10-84(11-2)63-26-18-57(19-27-63)79(92)61-24-40-76-71(48-61)69-46-59(50(5)81-96-52(7)88)22-38-74(69)86(76)65-30-14-55(15-31-65)73(83-98-54(9)90)42-44-94-67-34-36-68(37-35-67)95-45-43-78(91)56-16-32-66(33-17-56)87-75-39-23-60(51(6)82-97-53(8)89)47-70(75)72-49-62(25-41-77(72)87)80(93)58-20-28-64(29-21-58)85(12-3)13-4/h14-41,46-49H,10-13,42-45H2,1-9H3/b81-50?,82-51?,83-73-. The molecule has 2 heterocycles. The lowest BCUT2D eigenvalue weighted by atomic mass is 10.00. The number of nitrogens with zero attached hydrogens (tertiary/aromatic N) is 7. The highest BCUT2D eigenvalue weighted by Crippen LogP contribution is 2.37. The smallest absolute Gasteiger partial charge is 0.331 e. The van der Waals surface area contributed by atoms with Crippen molar-refractivity contribution in [1.29, 1.82) is 0 Å². The summed E-state index contributed by atoms with van der Waals surface area (Å²) in [6.45, 7) is 19.5. The minimum atomic E-state index is -0.574. The summed E-state index contributed by atoms with van der Waals surface area (Å²) in [5, 5.41) is 15.7. The first-order chi connectivity index (χ1) is 47.4. The van der Waals surface area contributed by atoms with Crippen LogP contribution in [0.2, 0.25) is 0 Å². The average molecular weight is 1310 g/mol. The zero-order valence-corrected chi connectivity index (χ0v) is 56.3. The zero-order valence-electron chi connectivity index (χ0n) is 56.3. The van der Waals surface area contributed by atoms with Gasteiger partial charge in [0.1, 0.15) is 11.5 Å². The molecule has 18 heteroatoms. The highest BCUT2D eigenvalue weighted by Gasteiger charge is 2.22. The van der Waals surface area contributed by atoms with Crippen molar-refractivity contribution < 1.29 is 52.8 Å². The van der Waals surface area contributed by atoms with E-state index in [0.29, 0.717) is 62.0 Å². The van der Waals surface area contributed by atoms with Crippen LogP contribution in [0.25, 0.3) is 55.0 Å². The van der Waals surface area contributed by atoms with E-state index in [4.69, 9.17) is 24.0 Å². The van der Waals surface area contributed by atoms with Crippen LogP contribution in [0, 0.1) is 0 Å². The maximum absolute atomic E-state index is 14.1. The zero-order chi connectivity index (χ0) is 69.1. The summed E-state index contributed by atoms with van der Waals surface area (Å²) in [4.78, 5) is 96.7. The summed E-state index contributed by atoms with van der Waals surface area (Å²) in [6.07, 6.45) is 0.400. The molecule has 0 saturated carbocycles. The molecule has 0 aliphatic heterocycles. The molecule has 0 aliphatic rings. The Labute approximate surface area is 567 Å². The highest BCUT2D eigenvalue weighted by atomic mass is 16.7. The molecule has 0 spiro atoms. The van der Waals surface area contributed by atoms with Crippen molar-refractivity contribution in [2.45, 2.75) is 75.2 Å². The summed E-state index contributed by atoms with van der Waals surface area (Å²) < 4.78 is 16.4. The number of hydrogen-bond acceptors (Lipinski definition) is 16. The average Bonchev–Trinajstić information content (AvgIpc) is 1.59. The molecule has 0 bridgehead atoms. The van der Waals surface area contributed by atoms with Crippen molar-refractivity contribution in [3.8, 4) is 22.9 Å². The van der Waals surface area contributed by atoms with Gasteiger partial charge in [-0.3, -0.25) is 14.4 Å². The maximum Gasteiger partial charge on any atom is 0.331 e. The molecule has 496 valence electrons. The van der Waals surface area contributed by atoms with Crippen molar-refractivity contribution >= 4 is 107 Å². The van der Waals surface area contributed by atoms with Crippen molar-refractivity contribution in [1.82, 2.24) is 9.13 Å². The van der Waals surface area contributed by atoms with Gasteiger partial charge in [0, 0.05) is 132 Å². The van der Waals surface area contributed by atoms with Gasteiger partial charge < -0.3 is 42.9 Å². The van der Waals surface area contributed by atoms with E-state index in [-0.39, 0.29) is 43.4 Å². The number of ketones is 3. The molecule has 0 atom stereocenters. The Kier molecular flexibility index (Phi) is 20.9. The number of ether oxygens (including phenoxy) is 2. The number of hydrogen-bond donors (Lipinski definition) is 0. The number of rotatable bonds is 27. The van der Waals surface area contributed by atoms with Gasteiger partial charge in [0.25, 0.3) is 0 Å². The Morgan fingerprint density at radius 3 is 1.03 bits per heavy atom. The monoisotopic (exact) mass is 1310 g/mol. The first-order valence-electron chi connectivity index (χ1n) is 32.7. The van der Waals surface area contributed by atoms with Crippen LogP contribution in [0.1, 0.15) is 134 Å². The summed E-state index contributed by atoms with van der Waals surface area (Å²) in [5.74, 6) is -0.830. The van der Waals surface area contributed by atoms with Crippen LogP contribution in [-0.2, 0) is 28.9 Å². The lowest BCUT2D eigenvalue weighted by Crippen LogP contribution is -2.21. The van der Waals surface area contributed by atoms with E-state index in [1.807, 2.05) is 158 Å². The topological polar surface area (TPSA) is 202 Å². The molecule has 0 radical (unpaired) electrons. The SMILES string of the molecule is CCN(CC)c1ccc(C(=O)c2ccc3c(c2)c2cc(C(C)=NOC(C)=O)ccc2n3-c2ccc(C(=O)CCOc3ccc(OCC/C(=N/OC(C)=O)c4ccc(-n5c6ccc(C(=O)c7ccc(N(CC)CC)cc7)cc6c6cc(C(C)=NOC(C)=O)ccc65)cc4)cc3)cc2)cc1. The molecular formula is C80H75N7O11. The second kappa shape index (κ2) is 30.3. The van der Waals surface area contributed by atoms with Crippen molar-refractivity contribution in [3.05, 3.63) is 239 Å². The molecule has 98 heavy (non-hydrogen) atoms. The van der Waals surface area contributed by atoms with Gasteiger partial charge in [-0.15, -0.1) is 0 Å². The van der Waals surface area contributed by atoms with Gasteiger partial charge in [0.05, 0.1) is 52.4 Å². The van der Waals surface area contributed by atoms with E-state index in [0.717, 1.165) is 104 Å². The Hall–Kier alpha value is -11.8. The number of aromatic nitrogens is 2. The Morgan fingerprint density at radius 2 is 0.663 bits per heavy atom. The molecular weight excluding hydrogens is 1230 g/mol. The van der Waals surface area contributed by atoms with Gasteiger partial charge in [0.2, 0.25) is 0 Å². The molecule has 0 fully saturated rings. The molecule has 11 aromatic rings. The Morgan fingerprint density at radius 1 is 0.347 bits per heavy atom. The number of Topliss-reactive ketones (excluding diaryl/α,β-unsaturated/α-hetero) is 1. The fourth-order valence-electron chi connectivity index (χ4n) is 12.1. The minimum absolute atomic E-state index is 0.0988. The van der Waals surface area contributed by atoms with E-state index in [9.17, 15) is 28.8 Å². The number of carbonyl (C=O) groups excluding carboxylic acids is 6. The van der Waals surface area contributed by atoms with Crippen LogP contribution in [0.5, 0.6) is 11.5 Å². The molecule has 0 N–H and O–H groups in total. The normalized spacial score (nSPS) is 11.9. The summed E-state index contributed by atoms with van der Waals surface area (Å²) >= 11 is 0. The van der Waals surface area contributed by atoms with Crippen LogP contribution < -0.4 is 19.3 Å². The van der Waals surface area contributed by atoms with Crippen LogP contribution in [-0.4, -0.2) is 101 Å². The summed E-state index contributed by atoms with van der Waals surface area (Å²) in [5.41, 5.74) is 13.5. The van der Waals surface area contributed by atoms with Gasteiger partial charge >= 0.3 is 17.9 Å². The molecule has 9 aromatic carbocycles. The van der Waals surface area contributed by atoms with Crippen LogP contribution in [0.3, 0.4) is 0 Å². The van der Waals surface area contributed by atoms with E-state index < -0.39 is 17.9 Å². The fraction of sp³-hybridized carbons (Fsp3) is 0.212. The molecule has 11 rings (SSSR count). The van der Waals surface area contributed by atoms with Crippen molar-refractivity contribution in [2.75, 3.05) is 49.2 Å². The quantitative estimate of drug-likeness (QED) is 0.0204. The summed E-state index contributed by atoms with van der Waals surface area (Å²) in [7, 11) is 0. The molecule has 18 nitrogen and oxygen atoms in total. The summed E-state index contributed by atoms with van der Waals surface area (Å²) in [6, 6.07) is 60.7. The van der Waals surface area contributed by atoms with Gasteiger partial charge in [-0.05, 0) is 228 Å². The van der Waals surface area contributed by atoms with Crippen LogP contribution >= 0.6 is 0 Å². The molecule has 0 unspecified atom stereocenters. The van der Waals surface area contributed by atoms with Gasteiger partial charge in [-0.1, -0.05) is 39.7 Å². The largest absolute Gasteiger partial charge is 0.493 e. The third-order valence-electron chi connectivity index (χ3n) is 17.2. The lowest BCUT2D eigenvalue weighted by molar-refractivity contribution is -0.141. The van der Waals surface area contributed by atoms with Crippen LogP contribution in [0.15, 0.2) is 210 Å². The second-order valence-corrected chi connectivity index (χ2v) is 23.5. The Bertz CT molecular complexity index is 4920. The van der Waals surface area contributed by atoms with E-state index >= 15 is 0 Å². The number of oxime groups is 3. The molecule has 2 aromatic heterocycles. The van der Waals surface area contributed by atoms with Crippen LogP contribution in [0.4, 0.5) is 11.4 Å². The lowest BCUT2D eigenvalue weighted by Gasteiger charge is -2.21. The van der Waals surface area contributed by atoms with Crippen molar-refractivity contribution in [2.24, 2.45) is 15.5 Å².